The molecule has 36 heavy (non-hydrogen) atoms. The Labute approximate surface area is 214 Å². The highest BCUT2D eigenvalue weighted by atomic mass is 16.5. The highest BCUT2D eigenvalue weighted by molar-refractivity contribution is 5.79. The van der Waals surface area contributed by atoms with Crippen molar-refractivity contribution in [2.75, 3.05) is 49.6 Å². The van der Waals surface area contributed by atoms with E-state index in [2.05, 4.69) is 75.8 Å². The summed E-state index contributed by atoms with van der Waals surface area (Å²) in [7, 11) is 1.71. The summed E-state index contributed by atoms with van der Waals surface area (Å²) in [5.74, 6) is 1.04. The van der Waals surface area contributed by atoms with Gasteiger partial charge in [-0.25, -0.2) is 0 Å². The molecule has 2 heterocycles. The van der Waals surface area contributed by atoms with Crippen LogP contribution in [-0.4, -0.2) is 50.6 Å². The molecule has 5 rings (SSSR count). The van der Waals surface area contributed by atoms with Crippen LogP contribution in [0.25, 0.3) is 0 Å². The molecule has 0 bridgehead atoms. The zero-order chi connectivity index (χ0) is 24.7. The second-order valence-corrected chi connectivity index (χ2v) is 9.73. The van der Waals surface area contributed by atoms with Crippen molar-refractivity contribution >= 4 is 17.3 Å². The number of carbonyl (C=O) groups excluding carboxylic acids is 1. The normalized spacial score (nSPS) is 15.9. The van der Waals surface area contributed by atoms with Crippen molar-refractivity contribution in [3.63, 3.8) is 0 Å². The van der Waals surface area contributed by atoms with Crippen LogP contribution in [0.15, 0.2) is 72.8 Å². The second-order valence-electron chi connectivity index (χ2n) is 9.73. The van der Waals surface area contributed by atoms with Crippen LogP contribution in [0, 0.1) is 0 Å². The topological polar surface area (TPSA) is 48.1 Å². The molecule has 0 saturated carbocycles. The molecule has 0 radical (unpaired) electrons. The Morgan fingerprint density at radius 2 is 1.58 bits per heavy atom. The van der Waals surface area contributed by atoms with E-state index in [-0.39, 0.29) is 5.91 Å². The van der Waals surface area contributed by atoms with Gasteiger partial charge in [0.25, 0.3) is 0 Å². The molecule has 2 aliphatic heterocycles. The van der Waals surface area contributed by atoms with E-state index < -0.39 is 0 Å². The third kappa shape index (κ3) is 6.00. The summed E-state index contributed by atoms with van der Waals surface area (Å²) in [4.78, 5) is 19.2. The minimum absolute atomic E-state index is 0.165. The lowest BCUT2D eigenvalue weighted by atomic mass is 10.1. The lowest BCUT2D eigenvalue weighted by Crippen LogP contribution is -2.47. The monoisotopic (exact) mass is 484 g/mol. The SMILES string of the molecule is COc1cccc(CN(Cc2cccc(N3CCCC3)c2)c2cccc(CN3CCNCC3=O)c2)c1. The van der Waals surface area contributed by atoms with Crippen molar-refractivity contribution in [3.8, 4) is 5.75 Å². The summed E-state index contributed by atoms with van der Waals surface area (Å²) in [5, 5.41) is 3.16. The Bertz CT molecular complexity index is 1170. The molecule has 0 aliphatic carbocycles. The number of ether oxygens (including phenoxy) is 1. The first kappa shape index (κ1) is 24.2. The van der Waals surface area contributed by atoms with E-state index in [1.807, 2.05) is 17.0 Å². The van der Waals surface area contributed by atoms with Crippen molar-refractivity contribution in [2.45, 2.75) is 32.5 Å². The van der Waals surface area contributed by atoms with Crippen LogP contribution < -0.4 is 19.9 Å². The molecule has 0 atom stereocenters. The smallest absolute Gasteiger partial charge is 0.236 e. The Morgan fingerprint density at radius 3 is 2.36 bits per heavy atom. The zero-order valence-electron chi connectivity index (χ0n) is 21.2. The third-order valence-electron chi connectivity index (χ3n) is 7.10. The molecule has 0 aromatic heterocycles. The van der Waals surface area contributed by atoms with Gasteiger partial charge in [0.1, 0.15) is 5.75 Å². The minimum Gasteiger partial charge on any atom is -0.497 e. The molecule has 1 N–H and O–H groups in total. The van der Waals surface area contributed by atoms with Crippen LogP contribution in [-0.2, 0) is 24.4 Å². The maximum Gasteiger partial charge on any atom is 0.236 e. The molecule has 2 saturated heterocycles. The number of anilines is 2. The number of nitrogens with one attached hydrogen (secondary N) is 1. The molecule has 2 aliphatic rings. The van der Waals surface area contributed by atoms with Gasteiger partial charge in [-0.1, -0.05) is 36.4 Å². The predicted octanol–water partition coefficient (Wildman–Crippen LogP) is 4.43. The first-order chi connectivity index (χ1) is 17.7. The Morgan fingerprint density at radius 1 is 0.861 bits per heavy atom. The van der Waals surface area contributed by atoms with Gasteiger partial charge in [0, 0.05) is 57.2 Å². The van der Waals surface area contributed by atoms with Gasteiger partial charge < -0.3 is 24.8 Å². The van der Waals surface area contributed by atoms with Crippen LogP contribution in [0.5, 0.6) is 5.75 Å². The fraction of sp³-hybridized carbons (Fsp3) is 0.367. The number of hydrogen-bond donors (Lipinski definition) is 1. The van der Waals surface area contributed by atoms with Gasteiger partial charge in [0.15, 0.2) is 0 Å². The average Bonchev–Trinajstić information content (AvgIpc) is 3.46. The van der Waals surface area contributed by atoms with E-state index in [4.69, 9.17) is 4.74 Å². The standard InChI is InChI=1S/C30H36N4O2/c1-36-29-12-6-9-26(19-29)23-34(22-25-8-4-10-27(17-25)32-14-2-3-15-32)28-11-5-7-24(18-28)21-33-16-13-31-20-30(33)35/h4-12,17-19,31H,2-3,13-16,20-23H2,1H3. The second kappa shape index (κ2) is 11.5. The van der Waals surface area contributed by atoms with E-state index in [1.165, 1.54) is 29.7 Å². The maximum atomic E-state index is 12.3. The quantitative estimate of drug-likeness (QED) is 0.487. The summed E-state index contributed by atoms with van der Waals surface area (Å²) in [6.45, 7) is 6.52. The van der Waals surface area contributed by atoms with Crippen molar-refractivity contribution in [3.05, 3.63) is 89.5 Å². The molecular formula is C30H36N4O2. The summed E-state index contributed by atoms with van der Waals surface area (Å²) >= 11 is 0. The number of rotatable bonds is 9. The van der Waals surface area contributed by atoms with Gasteiger partial charge in [0.05, 0.1) is 13.7 Å². The van der Waals surface area contributed by atoms with E-state index in [9.17, 15) is 4.79 Å². The fourth-order valence-electron chi connectivity index (χ4n) is 5.16. The van der Waals surface area contributed by atoms with Gasteiger partial charge in [-0.2, -0.15) is 0 Å². The van der Waals surface area contributed by atoms with Crippen LogP contribution in [0.3, 0.4) is 0 Å². The van der Waals surface area contributed by atoms with Crippen molar-refractivity contribution < 1.29 is 9.53 Å². The van der Waals surface area contributed by atoms with Gasteiger partial charge in [0.2, 0.25) is 5.91 Å². The molecule has 0 spiro atoms. The van der Waals surface area contributed by atoms with E-state index in [0.717, 1.165) is 56.3 Å². The molecule has 2 fully saturated rings. The van der Waals surface area contributed by atoms with Crippen molar-refractivity contribution in [2.24, 2.45) is 0 Å². The highest BCUT2D eigenvalue weighted by Gasteiger charge is 2.19. The van der Waals surface area contributed by atoms with E-state index in [0.29, 0.717) is 13.1 Å². The van der Waals surface area contributed by atoms with Gasteiger partial charge in [-0.15, -0.1) is 0 Å². The number of nitrogens with zero attached hydrogens (tertiary/aromatic N) is 3. The average molecular weight is 485 g/mol. The van der Waals surface area contributed by atoms with Crippen molar-refractivity contribution in [1.82, 2.24) is 10.2 Å². The lowest BCUT2D eigenvalue weighted by molar-refractivity contribution is -0.132. The number of piperazine rings is 1. The summed E-state index contributed by atoms with van der Waals surface area (Å²) in [6, 6.07) is 25.9. The third-order valence-corrected chi connectivity index (χ3v) is 7.10. The Balaban J connectivity index is 1.41. The van der Waals surface area contributed by atoms with Gasteiger partial charge >= 0.3 is 0 Å². The van der Waals surface area contributed by atoms with Gasteiger partial charge in [-0.3, -0.25) is 4.79 Å². The highest BCUT2D eigenvalue weighted by Crippen LogP contribution is 2.26. The molecule has 3 aromatic carbocycles. The predicted molar refractivity (Wildman–Crippen MR) is 145 cm³/mol. The van der Waals surface area contributed by atoms with E-state index >= 15 is 0 Å². The molecule has 3 aromatic rings. The fourth-order valence-corrected chi connectivity index (χ4v) is 5.16. The Kier molecular flexibility index (Phi) is 7.72. The Hall–Kier alpha value is -3.51. The van der Waals surface area contributed by atoms with E-state index in [1.54, 1.807) is 7.11 Å². The largest absolute Gasteiger partial charge is 0.497 e. The van der Waals surface area contributed by atoms with Crippen LogP contribution in [0.2, 0.25) is 0 Å². The first-order valence-corrected chi connectivity index (χ1v) is 13.0. The van der Waals surface area contributed by atoms with Crippen LogP contribution in [0.4, 0.5) is 11.4 Å². The van der Waals surface area contributed by atoms with Crippen molar-refractivity contribution in [1.29, 1.82) is 0 Å². The number of amides is 1. The van der Waals surface area contributed by atoms with Crippen LogP contribution >= 0.6 is 0 Å². The summed E-state index contributed by atoms with van der Waals surface area (Å²) in [5.41, 5.74) is 6.13. The van der Waals surface area contributed by atoms with Gasteiger partial charge in [-0.05, 0) is 65.9 Å². The molecule has 0 unspecified atom stereocenters. The molecule has 188 valence electrons. The van der Waals surface area contributed by atoms with Crippen LogP contribution in [0.1, 0.15) is 29.5 Å². The number of methoxy groups -OCH3 is 1. The zero-order valence-corrected chi connectivity index (χ0v) is 21.2. The lowest BCUT2D eigenvalue weighted by Gasteiger charge is -2.29. The molecular weight excluding hydrogens is 448 g/mol. The molecule has 6 nitrogen and oxygen atoms in total. The summed E-state index contributed by atoms with van der Waals surface area (Å²) in [6.07, 6.45) is 2.54. The summed E-state index contributed by atoms with van der Waals surface area (Å²) < 4.78 is 5.48. The molecule has 6 heteroatoms. The first-order valence-electron chi connectivity index (χ1n) is 13.0. The number of benzene rings is 3. The molecule has 1 amide bonds. The number of carbonyl (C=O) groups is 1. The number of hydrogen-bond acceptors (Lipinski definition) is 5. The minimum atomic E-state index is 0.165. The maximum absolute atomic E-state index is 12.3.